The predicted octanol–water partition coefficient (Wildman–Crippen LogP) is 2.77. The molecule has 2 unspecified atom stereocenters. The molecule has 13 heteroatoms. The number of azo groups is 1. The predicted molar refractivity (Wildman–Crippen MR) is 137 cm³/mol. The van der Waals surface area contributed by atoms with E-state index in [0.29, 0.717) is 10.9 Å². The molecular formula is C25H25FN8O4. The van der Waals surface area contributed by atoms with Crippen LogP contribution < -0.4 is 11.1 Å². The van der Waals surface area contributed by atoms with Crippen LogP contribution in [0.4, 0.5) is 10.1 Å². The van der Waals surface area contributed by atoms with Gasteiger partial charge < -0.3 is 21.1 Å². The molecule has 0 radical (unpaired) electrons. The number of amides is 3. The zero-order valence-electron chi connectivity index (χ0n) is 20.4. The summed E-state index contributed by atoms with van der Waals surface area (Å²) in [5.74, 6) is -2.24. The number of likely N-dealkylation sites (tertiary alicyclic amines) is 1. The molecule has 2 atom stereocenters. The lowest BCUT2D eigenvalue weighted by atomic mass is 10.0. The van der Waals surface area contributed by atoms with Gasteiger partial charge in [-0.1, -0.05) is 12.6 Å². The Morgan fingerprint density at radius 2 is 2.11 bits per heavy atom. The second-order valence-electron chi connectivity index (χ2n) is 8.61. The number of rotatable bonds is 8. The number of fused-ring (bicyclic) bond motifs is 1. The highest BCUT2D eigenvalue weighted by Crippen LogP contribution is 2.27. The van der Waals surface area contributed by atoms with Crippen LogP contribution in [0.15, 0.2) is 65.9 Å². The van der Waals surface area contributed by atoms with Gasteiger partial charge in [0.2, 0.25) is 11.8 Å². The van der Waals surface area contributed by atoms with E-state index >= 15 is 0 Å². The van der Waals surface area contributed by atoms with Crippen molar-refractivity contribution in [1.82, 2.24) is 19.7 Å². The molecule has 2 aromatic heterocycles. The van der Waals surface area contributed by atoms with E-state index in [0.717, 1.165) is 16.0 Å². The van der Waals surface area contributed by atoms with Crippen molar-refractivity contribution >= 4 is 39.9 Å². The lowest BCUT2D eigenvalue weighted by molar-refractivity contribution is -0.137. The van der Waals surface area contributed by atoms with Gasteiger partial charge in [-0.3, -0.25) is 24.0 Å². The number of hydrogen-bond donors (Lipinski definition) is 3. The number of primary amides is 1. The number of hydrogen-bond acceptors (Lipinski definition) is 8. The number of anilines is 1. The maximum Gasteiger partial charge on any atom is 0.269 e. The van der Waals surface area contributed by atoms with Crippen LogP contribution in [0.5, 0.6) is 5.75 Å². The Balaban J connectivity index is 1.60. The van der Waals surface area contributed by atoms with Crippen LogP contribution in [0.2, 0.25) is 0 Å². The lowest BCUT2D eigenvalue weighted by Crippen LogP contribution is -2.44. The highest BCUT2D eigenvalue weighted by Gasteiger charge is 2.40. The number of nitrogens with two attached hydrogens (primary N) is 1. The second-order valence-corrected chi connectivity index (χ2v) is 8.61. The van der Waals surface area contributed by atoms with E-state index in [9.17, 15) is 23.9 Å². The molecule has 1 aromatic carbocycles. The first kappa shape index (κ1) is 26.1. The average molecular weight is 521 g/mol. The molecule has 0 aliphatic carbocycles. The number of pyridine rings is 1. The van der Waals surface area contributed by atoms with Crippen molar-refractivity contribution in [2.75, 3.05) is 11.9 Å². The molecule has 1 aliphatic rings. The van der Waals surface area contributed by atoms with E-state index in [-0.39, 0.29) is 36.6 Å². The van der Waals surface area contributed by atoms with Gasteiger partial charge in [-0.25, -0.2) is 4.39 Å². The SMILES string of the molecule is C=C/N=N\C=C(/C)c1ccc2c(c1)c(C(N)=O)nn2CC(=O)N1CC(F)CC1C(=O)Nc1cnccc1O. The maximum absolute atomic E-state index is 14.4. The van der Waals surface area contributed by atoms with Crippen LogP contribution in [0.3, 0.4) is 0 Å². The highest BCUT2D eigenvalue weighted by atomic mass is 19.1. The third-order valence-electron chi connectivity index (χ3n) is 6.05. The number of alkyl halides is 1. The molecule has 0 spiro atoms. The van der Waals surface area contributed by atoms with E-state index in [2.05, 4.69) is 32.2 Å². The van der Waals surface area contributed by atoms with E-state index in [1.165, 1.54) is 35.5 Å². The van der Waals surface area contributed by atoms with E-state index in [1.807, 2.05) is 0 Å². The number of nitrogens with zero attached hydrogens (tertiary/aromatic N) is 6. The molecule has 3 amide bonds. The molecule has 1 fully saturated rings. The summed E-state index contributed by atoms with van der Waals surface area (Å²) in [4.78, 5) is 43.2. The number of benzene rings is 1. The van der Waals surface area contributed by atoms with Crippen molar-refractivity contribution in [3.8, 4) is 5.75 Å². The third kappa shape index (κ3) is 5.40. The first-order valence-corrected chi connectivity index (χ1v) is 11.5. The fraction of sp³-hybridized carbons (Fsp3) is 0.240. The Morgan fingerprint density at radius 1 is 1.32 bits per heavy atom. The molecule has 12 nitrogen and oxygen atoms in total. The first-order chi connectivity index (χ1) is 18.2. The first-order valence-electron chi connectivity index (χ1n) is 11.5. The van der Waals surface area contributed by atoms with Crippen molar-refractivity contribution in [2.45, 2.75) is 32.1 Å². The summed E-state index contributed by atoms with van der Waals surface area (Å²) in [6, 6.07) is 5.31. The van der Waals surface area contributed by atoms with Crippen LogP contribution in [0, 0.1) is 0 Å². The molecule has 4 N–H and O–H groups in total. The molecule has 0 saturated carbocycles. The third-order valence-corrected chi connectivity index (χ3v) is 6.05. The van der Waals surface area contributed by atoms with Crippen LogP contribution in [-0.2, 0) is 16.1 Å². The van der Waals surface area contributed by atoms with Gasteiger partial charge in [-0.05, 0) is 30.2 Å². The number of aromatic nitrogens is 3. The van der Waals surface area contributed by atoms with Crippen LogP contribution in [0.25, 0.3) is 16.5 Å². The van der Waals surface area contributed by atoms with Gasteiger partial charge in [0.25, 0.3) is 5.91 Å². The molecule has 4 rings (SSSR count). The topological polar surface area (TPSA) is 168 Å². The van der Waals surface area contributed by atoms with Crippen molar-refractivity contribution in [3.05, 3.63) is 66.9 Å². The van der Waals surface area contributed by atoms with Crippen LogP contribution in [-0.4, -0.2) is 61.3 Å². The van der Waals surface area contributed by atoms with Crippen molar-refractivity contribution < 1.29 is 23.9 Å². The van der Waals surface area contributed by atoms with Gasteiger partial charge in [0.15, 0.2) is 5.69 Å². The van der Waals surface area contributed by atoms with E-state index in [4.69, 9.17) is 5.73 Å². The van der Waals surface area contributed by atoms with Crippen LogP contribution >= 0.6 is 0 Å². The highest BCUT2D eigenvalue weighted by molar-refractivity contribution is 6.05. The zero-order valence-corrected chi connectivity index (χ0v) is 20.4. The average Bonchev–Trinajstić information content (AvgIpc) is 3.46. The molecule has 1 aliphatic heterocycles. The molecule has 3 aromatic rings. The number of carbonyl (C=O) groups is 3. The standard InChI is InChI=1S/C25H25FN8O4/c1-3-29-30-10-14(2)15-4-5-19-17(8-15)23(24(27)37)32-34(19)13-22(36)33-12-16(26)9-20(33)25(38)31-18-11-28-7-6-21(18)35/h3-8,10-11,16,20H,1,9,12-13H2,2H3,(H2,27,37)(H,28,35)(H,31,38)/b14-10+,30-29-. The summed E-state index contributed by atoms with van der Waals surface area (Å²) in [5.41, 5.74) is 7.47. The van der Waals surface area contributed by atoms with Gasteiger partial charge in [0, 0.05) is 30.3 Å². The normalized spacial score (nSPS) is 17.7. The lowest BCUT2D eigenvalue weighted by Gasteiger charge is -2.23. The number of aromatic hydroxyl groups is 1. The molecule has 1 saturated heterocycles. The minimum absolute atomic E-state index is 0.0405. The minimum Gasteiger partial charge on any atom is -0.506 e. The molecular weight excluding hydrogens is 495 g/mol. The summed E-state index contributed by atoms with van der Waals surface area (Å²) >= 11 is 0. The maximum atomic E-state index is 14.4. The van der Waals surface area contributed by atoms with Crippen molar-refractivity contribution in [1.29, 1.82) is 0 Å². The van der Waals surface area contributed by atoms with E-state index < -0.39 is 29.9 Å². The summed E-state index contributed by atoms with van der Waals surface area (Å²) in [6.07, 6.45) is 3.79. The van der Waals surface area contributed by atoms with E-state index in [1.54, 1.807) is 25.1 Å². The largest absolute Gasteiger partial charge is 0.506 e. The minimum atomic E-state index is -1.41. The summed E-state index contributed by atoms with van der Waals surface area (Å²) < 4.78 is 15.6. The number of halogens is 1. The summed E-state index contributed by atoms with van der Waals surface area (Å²) in [7, 11) is 0. The Labute approximate surface area is 216 Å². The van der Waals surface area contributed by atoms with Gasteiger partial charge in [-0.15, -0.1) is 0 Å². The quantitative estimate of drug-likeness (QED) is 0.386. The Bertz CT molecular complexity index is 1480. The number of allylic oxidation sites excluding steroid dienone is 1. The van der Waals surface area contributed by atoms with Crippen LogP contribution in [0.1, 0.15) is 29.4 Å². The monoisotopic (exact) mass is 520 g/mol. The molecule has 38 heavy (non-hydrogen) atoms. The number of carbonyl (C=O) groups excluding carboxylic acids is 3. The summed E-state index contributed by atoms with van der Waals surface area (Å²) in [6.45, 7) is 4.62. The van der Waals surface area contributed by atoms with Crippen molar-refractivity contribution in [2.24, 2.45) is 16.0 Å². The Hall–Kier alpha value is -4.94. The van der Waals surface area contributed by atoms with Gasteiger partial charge in [-0.2, -0.15) is 15.3 Å². The molecule has 0 bridgehead atoms. The smallest absolute Gasteiger partial charge is 0.269 e. The fourth-order valence-corrected chi connectivity index (χ4v) is 4.20. The van der Waals surface area contributed by atoms with Gasteiger partial charge >= 0.3 is 0 Å². The Kier molecular flexibility index (Phi) is 7.55. The summed E-state index contributed by atoms with van der Waals surface area (Å²) in [5, 5.41) is 24.6. The fourth-order valence-electron chi connectivity index (χ4n) is 4.20. The second kappa shape index (κ2) is 11.0. The zero-order chi connectivity index (χ0) is 27.4. The van der Waals surface area contributed by atoms with Crippen molar-refractivity contribution in [3.63, 3.8) is 0 Å². The molecule has 196 valence electrons. The number of nitrogens with one attached hydrogen (secondary N) is 1. The van der Waals surface area contributed by atoms with Gasteiger partial charge in [0.05, 0.1) is 24.5 Å². The van der Waals surface area contributed by atoms with Gasteiger partial charge in [0.1, 0.15) is 30.2 Å². The molecule has 3 heterocycles. The Morgan fingerprint density at radius 3 is 2.82 bits per heavy atom.